The lowest BCUT2D eigenvalue weighted by atomic mass is 9.92. The van der Waals surface area contributed by atoms with E-state index in [2.05, 4.69) is 11.4 Å². The zero-order chi connectivity index (χ0) is 13.7. The highest BCUT2D eigenvalue weighted by molar-refractivity contribution is 5.66. The fraction of sp³-hybridized carbons (Fsp3) is 0.533. The number of anilines is 1. The molecule has 4 nitrogen and oxygen atoms in total. The number of nitrogens with one attached hydrogen (secondary N) is 1. The summed E-state index contributed by atoms with van der Waals surface area (Å²) in [5, 5.41) is 12.6. The average Bonchev–Trinajstić information content (AvgIpc) is 2.48. The van der Waals surface area contributed by atoms with E-state index in [-0.39, 0.29) is 0 Å². The zero-order valence-electron chi connectivity index (χ0n) is 11.5. The van der Waals surface area contributed by atoms with Crippen molar-refractivity contribution >= 4 is 5.69 Å². The Morgan fingerprint density at radius 3 is 2.53 bits per heavy atom. The Morgan fingerprint density at radius 2 is 1.95 bits per heavy atom. The molecule has 1 N–H and O–H groups in total. The van der Waals surface area contributed by atoms with Gasteiger partial charge in [0.15, 0.2) is 0 Å². The lowest BCUT2D eigenvalue weighted by Crippen LogP contribution is -2.29. The molecular formula is C15H20N2O2. The number of rotatable bonds is 4. The molecule has 0 amide bonds. The molecule has 0 unspecified atom stereocenters. The molecule has 1 aliphatic rings. The van der Waals surface area contributed by atoms with Gasteiger partial charge in [-0.25, -0.2) is 0 Å². The Hall–Kier alpha value is -1.73. The van der Waals surface area contributed by atoms with E-state index in [0.29, 0.717) is 17.7 Å². The molecule has 0 radical (unpaired) electrons. The first-order chi connectivity index (χ1) is 9.28. The third-order valence-corrected chi connectivity index (χ3v) is 3.72. The van der Waals surface area contributed by atoms with Gasteiger partial charge in [0.1, 0.15) is 11.8 Å². The van der Waals surface area contributed by atoms with Gasteiger partial charge in [-0.3, -0.25) is 0 Å². The van der Waals surface area contributed by atoms with Crippen LogP contribution in [0.2, 0.25) is 0 Å². The molecule has 0 spiro atoms. The van der Waals surface area contributed by atoms with E-state index in [0.717, 1.165) is 37.1 Å². The van der Waals surface area contributed by atoms with E-state index in [1.807, 2.05) is 18.2 Å². The zero-order valence-corrected chi connectivity index (χ0v) is 11.5. The topological polar surface area (TPSA) is 54.3 Å². The van der Waals surface area contributed by atoms with Gasteiger partial charge in [0.05, 0.1) is 24.5 Å². The number of hydrogen-bond acceptors (Lipinski definition) is 4. The molecule has 2 rings (SSSR count). The third-order valence-electron chi connectivity index (χ3n) is 3.72. The summed E-state index contributed by atoms with van der Waals surface area (Å²) in [5.74, 6) is 0.730. The number of ether oxygens (including phenoxy) is 2. The van der Waals surface area contributed by atoms with Crippen molar-refractivity contribution in [2.24, 2.45) is 0 Å². The SMILES string of the molecule is COc1cccc(C#N)c1NC1CCC(OC)CC1. The second kappa shape index (κ2) is 6.44. The summed E-state index contributed by atoms with van der Waals surface area (Å²) in [6.07, 6.45) is 4.62. The van der Waals surface area contributed by atoms with Crippen molar-refractivity contribution in [2.75, 3.05) is 19.5 Å². The van der Waals surface area contributed by atoms with Gasteiger partial charge in [-0.1, -0.05) is 6.07 Å². The monoisotopic (exact) mass is 260 g/mol. The Kier molecular flexibility index (Phi) is 4.64. The van der Waals surface area contributed by atoms with Crippen molar-refractivity contribution in [3.8, 4) is 11.8 Å². The van der Waals surface area contributed by atoms with Crippen molar-refractivity contribution in [3.05, 3.63) is 23.8 Å². The normalized spacial score (nSPS) is 22.6. The Labute approximate surface area is 114 Å². The highest BCUT2D eigenvalue weighted by Gasteiger charge is 2.22. The predicted molar refractivity (Wildman–Crippen MR) is 74.4 cm³/mol. The summed E-state index contributed by atoms with van der Waals surface area (Å²) >= 11 is 0. The number of hydrogen-bond donors (Lipinski definition) is 1. The predicted octanol–water partition coefficient (Wildman–Crippen LogP) is 2.94. The summed E-state index contributed by atoms with van der Waals surface area (Å²) in [5.41, 5.74) is 1.45. The maximum atomic E-state index is 9.18. The quantitative estimate of drug-likeness (QED) is 0.904. The molecule has 0 heterocycles. The minimum Gasteiger partial charge on any atom is -0.495 e. The first-order valence-corrected chi connectivity index (χ1v) is 6.65. The second-order valence-electron chi connectivity index (χ2n) is 4.85. The van der Waals surface area contributed by atoms with Crippen molar-refractivity contribution < 1.29 is 9.47 Å². The standard InChI is InChI=1S/C15H20N2O2/c1-18-13-8-6-12(7-9-13)17-15-11(10-16)4-3-5-14(15)19-2/h3-5,12-13,17H,6-9H2,1-2H3. The molecule has 102 valence electrons. The summed E-state index contributed by atoms with van der Waals surface area (Å²) < 4.78 is 10.7. The molecule has 1 aromatic carbocycles. The maximum absolute atomic E-state index is 9.18. The molecule has 1 aromatic rings. The molecule has 1 fully saturated rings. The third kappa shape index (κ3) is 3.18. The van der Waals surface area contributed by atoms with E-state index in [1.165, 1.54) is 0 Å². The van der Waals surface area contributed by atoms with Crippen LogP contribution in [-0.2, 0) is 4.74 Å². The van der Waals surface area contributed by atoms with E-state index in [1.54, 1.807) is 14.2 Å². The van der Waals surface area contributed by atoms with E-state index in [9.17, 15) is 5.26 Å². The van der Waals surface area contributed by atoms with Crippen molar-refractivity contribution in [3.63, 3.8) is 0 Å². The first-order valence-electron chi connectivity index (χ1n) is 6.65. The van der Waals surface area contributed by atoms with Crippen LogP contribution in [0.3, 0.4) is 0 Å². The molecule has 0 aliphatic heterocycles. The molecule has 0 aromatic heterocycles. The van der Waals surface area contributed by atoms with E-state index in [4.69, 9.17) is 9.47 Å². The van der Waals surface area contributed by atoms with E-state index >= 15 is 0 Å². The molecule has 0 saturated heterocycles. The Balaban J connectivity index is 2.09. The van der Waals surface area contributed by atoms with Crippen LogP contribution in [0.4, 0.5) is 5.69 Å². The highest BCUT2D eigenvalue weighted by Crippen LogP contribution is 2.31. The van der Waals surface area contributed by atoms with Gasteiger partial charge < -0.3 is 14.8 Å². The van der Waals surface area contributed by atoms with Gasteiger partial charge in [-0.2, -0.15) is 5.26 Å². The Morgan fingerprint density at radius 1 is 1.21 bits per heavy atom. The van der Waals surface area contributed by atoms with Gasteiger partial charge in [0.2, 0.25) is 0 Å². The summed E-state index contributed by atoms with van der Waals surface area (Å²) in [6.45, 7) is 0. The first kappa shape index (κ1) is 13.7. The largest absolute Gasteiger partial charge is 0.495 e. The molecule has 1 aliphatic carbocycles. The molecule has 19 heavy (non-hydrogen) atoms. The number of methoxy groups -OCH3 is 2. The molecule has 1 saturated carbocycles. The lowest BCUT2D eigenvalue weighted by molar-refractivity contribution is 0.0681. The number of nitriles is 1. The molecule has 0 bridgehead atoms. The maximum Gasteiger partial charge on any atom is 0.143 e. The van der Waals surface area contributed by atoms with Crippen molar-refractivity contribution in [2.45, 2.75) is 37.8 Å². The fourth-order valence-corrected chi connectivity index (χ4v) is 2.59. The van der Waals surface area contributed by atoms with Crippen LogP contribution in [0.15, 0.2) is 18.2 Å². The Bertz CT molecular complexity index is 460. The number of benzene rings is 1. The summed E-state index contributed by atoms with van der Waals surface area (Å²) in [4.78, 5) is 0. The van der Waals surface area contributed by atoms with Crippen molar-refractivity contribution in [1.82, 2.24) is 0 Å². The van der Waals surface area contributed by atoms with Crippen LogP contribution < -0.4 is 10.1 Å². The molecular weight excluding hydrogens is 240 g/mol. The van der Waals surface area contributed by atoms with Crippen LogP contribution in [0, 0.1) is 11.3 Å². The average molecular weight is 260 g/mol. The second-order valence-corrected chi connectivity index (χ2v) is 4.85. The smallest absolute Gasteiger partial charge is 0.143 e. The minimum absolute atomic E-state index is 0.381. The number of nitrogens with zero attached hydrogens (tertiary/aromatic N) is 1. The van der Waals surface area contributed by atoms with Crippen LogP contribution in [0.1, 0.15) is 31.2 Å². The van der Waals surface area contributed by atoms with Crippen LogP contribution >= 0.6 is 0 Å². The van der Waals surface area contributed by atoms with Crippen LogP contribution in [0.5, 0.6) is 5.75 Å². The highest BCUT2D eigenvalue weighted by atomic mass is 16.5. The van der Waals surface area contributed by atoms with Crippen LogP contribution in [-0.4, -0.2) is 26.4 Å². The van der Waals surface area contributed by atoms with Gasteiger partial charge in [-0.05, 0) is 37.8 Å². The van der Waals surface area contributed by atoms with Gasteiger partial charge in [0.25, 0.3) is 0 Å². The number of para-hydroxylation sites is 1. The van der Waals surface area contributed by atoms with Crippen LogP contribution in [0.25, 0.3) is 0 Å². The van der Waals surface area contributed by atoms with Crippen molar-refractivity contribution in [1.29, 1.82) is 5.26 Å². The molecule has 0 atom stereocenters. The van der Waals surface area contributed by atoms with Gasteiger partial charge in [0, 0.05) is 13.2 Å². The summed E-state index contributed by atoms with van der Waals surface area (Å²) in [7, 11) is 3.40. The molecule has 4 heteroatoms. The van der Waals surface area contributed by atoms with Gasteiger partial charge >= 0.3 is 0 Å². The summed E-state index contributed by atoms with van der Waals surface area (Å²) in [6, 6.07) is 8.12. The van der Waals surface area contributed by atoms with Gasteiger partial charge in [-0.15, -0.1) is 0 Å². The van der Waals surface area contributed by atoms with E-state index < -0.39 is 0 Å². The lowest BCUT2D eigenvalue weighted by Gasteiger charge is -2.29. The fourth-order valence-electron chi connectivity index (χ4n) is 2.59. The minimum atomic E-state index is 0.381.